The first-order chi connectivity index (χ1) is 5.69. The predicted molar refractivity (Wildman–Crippen MR) is 54.2 cm³/mol. The average molecular weight is 232 g/mol. The van der Waals surface area contributed by atoms with Gasteiger partial charge in [-0.1, -0.05) is 22.0 Å². The molecule has 1 heterocycles. The standard InChI is InChI=1S/C9H14BrNO/c1-3-8(10)9-4-7(5-12)6(2)11-9/h3,8-9,11-12H,1,4-5H2,2H3/t8?,9-/m0/s1. The normalized spacial score (nSPS) is 25.4. The Morgan fingerprint density at radius 3 is 3.00 bits per heavy atom. The van der Waals surface area contributed by atoms with Gasteiger partial charge in [0.15, 0.2) is 0 Å². The molecule has 0 aromatic rings. The maximum Gasteiger partial charge on any atom is 0.0662 e. The number of allylic oxidation sites excluding steroid dienone is 1. The van der Waals surface area contributed by atoms with E-state index in [4.69, 9.17) is 5.11 Å². The number of hydrogen-bond acceptors (Lipinski definition) is 2. The van der Waals surface area contributed by atoms with E-state index in [2.05, 4.69) is 27.8 Å². The molecule has 0 radical (unpaired) electrons. The molecule has 0 aliphatic carbocycles. The molecule has 0 saturated carbocycles. The smallest absolute Gasteiger partial charge is 0.0662 e. The molecule has 68 valence electrons. The minimum absolute atomic E-state index is 0.159. The molecule has 1 rings (SSSR count). The maximum absolute atomic E-state index is 8.97. The van der Waals surface area contributed by atoms with Crippen molar-refractivity contribution in [1.82, 2.24) is 5.32 Å². The maximum atomic E-state index is 8.97. The van der Waals surface area contributed by atoms with Gasteiger partial charge < -0.3 is 10.4 Å². The van der Waals surface area contributed by atoms with E-state index in [0.29, 0.717) is 6.04 Å². The van der Waals surface area contributed by atoms with E-state index in [0.717, 1.165) is 17.7 Å². The number of alkyl halides is 1. The summed E-state index contributed by atoms with van der Waals surface area (Å²) in [6, 6.07) is 0.352. The van der Waals surface area contributed by atoms with Gasteiger partial charge in [-0.25, -0.2) is 0 Å². The van der Waals surface area contributed by atoms with Crippen LogP contribution in [0.15, 0.2) is 23.9 Å². The predicted octanol–water partition coefficient (Wildman–Crippen LogP) is 1.56. The van der Waals surface area contributed by atoms with E-state index in [1.807, 2.05) is 13.0 Å². The van der Waals surface area contributed by atoms with Crippen LogP contribution in [0.4, 0.5) is 0 Å². The average Bonchev–Trinajstić information content (AvgIpc) is 2.45. The van der Waals surface area contributed by atoms with Gasteiger partial charge >= 0.3 is 0 Å². The van der Waals surface area contributed by atoms with Crippen molar-refractivity contribution in [2.24, 2.45) is 0 Å². The monoisotopic (exact) mass is 231 g/mol. The van der Waals surface area contributed by atoms with Gasteiger partial charge in [0.25, 0.3) is 0 Å². The van der Waals surface area contributed by atoms with Crippen LogP contribution in [0.3, 0.4) is 0 Å². The number of halogens is 1. The van der Waals surface area contributed by atoms with Crippen LogP contribution in [-0.4, -0.2) is 22.6 Å². The van der Waals surface area contributed by atoms with Gasteiger partial charge in [0.2, 0.25) is 0 Å². The zero-order chi connectivity index (χ0) is 9.14. The molecule has 0 saturated heterocycles. The van der Waals surface area contributed by atoms with Crippen molar-refractivity contribution in [2.75, 3.05) is 6.61 Å². The minimum atomic E-state index is 0.159. The van der Waals surface area contributed by atoms with Crippen molar-refractivity contribution in [3.63, 3.8) is 0 Å². The first-order valence-electron chi connectivity index (χ1n) is 4.01. The summed E-state index contributed by atoms with van der Waals surface area (Å²) in [4.78, 5) is 0.275. The van der Waals surface area contributed by atoms with Crippen molar-refractivity contribution in [3.05, 3.63) is 23.9 Å². The number of rotatable bonds is 3. The lowest BCUT2D eigenvalue weighted by atomic mass is 10.1. The molecule has 12 heavy (non-hydrogen) atoms. The van der Waals surface area contributed by atoms with E-state index in [1.54, 1.807) is 0 Å². The first kappa shape index (κ1) is 9.81. The van der Waals surface area contributed by atoms with Crippen LogP contribution >= 0.6 is 15.9 Å². The highest BCUT2D eigenvalue weighted by molar-refractivity contribution is 9.09. The fourth-order valence-electron chi connectivity index (χ4n) is 1.39. The van der Waals surface area contributed by atoms with Crippen LogP contribution in [0, 0.1) is 0 Å². The summed E-state index contributed by atoms with van der Waals surface area (Å²) >= 11 is 3.50. The quantitative estimate of drug-likeness (QED) is 0.571. The highest BCUT2D eigenvalue weighted by Crippen LogP contribution is 2.23. The number of nitrogens with one attached hydrogen (secondary N) is 1. The van der Waals surface area contributed by atoms with E-state index < -0.39 is 0 Å². The summed E-state index contributed by atoms with van der Waals surface area (Å²) in [5, 5.41) is 12.3. The van der Waals surface area contributed by atoms with Crippen LogP contribution in [0.25, 0.3) is 0 Å². The fraction of sp³-hybridized carbons (Fsp3) is 0.556. The first-order valence-corrected chi connectivity index (χ1v) is 4.93. The lowest BCUT2D eigenvalue weighted by Gasteiger charge is -2.15. The molecule has 0 fully saturated rings. The molecule has 1 aliphatic heterocycles. The van der Waals surface area contributed by atoms with E-state index in [1.165, 1.54) is 0 Å². The van der Waals surface area contributed by atoms with Crippen molar-refractivity contribution < 1.29 is 5.11 Å². The van der Waals surface area contributed by atoms with Gasteiger partial charge in [0.1, 0.15) is 0 Å². The SMILES string of the molecule is C=CC(Br)[C@@H]1CC(CO)=C(C)N1. The molecule has 0 aromatic carbocycles. The van der Waals surface area contributed by atoms with Crippen LogP contribution in [0.2, 0.25) is 0 Å². The second-order valence-corrected chi connectivity index (χ2v) is 4.08. The van der Waals surface area contributed by atoms with E-state index in [9.17, 15) is 0 Å². The molecule has 1 aliphatic rings. The minimum Gasteiger partial charge on any atom is -0.392 e. The van der Waals surface area contributed by atoms with Gasteiger partial charge in [-0.15, -0.1) is 6.58 Å². The molecule has 2 N–H and O–H groups in total. The fourth-order valence-corrected chi connectivity index (χ4v) is 1.71. The van der Waals surface area contributed by atoms with Crippen LogP contribution in [0.5, 0.6) is 0 Å². The Morgan fingerprint density at radius 2 is 2.58 bits per heavy atom. The third kappa shape index (κ3) is 1.90. The number of aliphatic hydroxyl groups is 1. The number of hydrogen-bond donors (Lipinski definition) is 2. The summed E-state index contributed by atoms with van der Waals surface area (Å²) < 4.78 is 0. The second kappa shape index (κ2) is 4.10. The molecular formula is C9H14BrNO. The van der Waals surface area contributed by atoms with Crippen molar-refractivity contribution >= 4 is 15.9 Å². The Morgan fingerprint density at radius 1 is 1.92 bits per heavy atom. The Kier molecular flexibility index (Phi) is 3.35. The van der Waals surface area contributed by atoms with Gasteiger partial charge in [-0.2, -0.15) is 0 Å². The van der Waals surface area contributed by atoms with Crippen molar-refractivity contribution in [3.8, 4) is 0 Å². The molecule has 2 atom stereocenters. The lowest BCUT2D eigenvalue weighted by Crippen LogP contribution is -2.29. The van der Waals surface area contributed by atoms with Gasteiger partial charge in [-0.05, 0) is 18.9 Å². The van der Waals surface area contributed by atoms with Gasteiger partial charge in [-0.3, -0.25) is 0 Å². The van der Waals surface area contributed by atoms with Gasteiger partial charge in [0, 0.05) is 11.7 Å². The Labute approximate surface area is 81.5 Å². The van der Waals surface area contributed by atoms with E-state index >= 15 is 0 Å². The topological polar surface area (TPSA) is 32.3 Å². The molecule has 0 bridgehead atoms. The summed E-state index contributed by atoms with van der Waals surface area (Å²) in [5.41, 5.74) is 2.21. The summed E-state index contributed by atoms with van der Waals surface area (Å²) in [6.45, 7) is 5.87. The molecular weight excluding hydrogens is 218 g/mol. The van der Waals surface area contributed by atoms with Crippen LogP contribution < -0.4 is 5.32 Å². The van der Waals surface area contributed by atoms with Crippen molar-refractivity contribution in [2.45, 2.75) is 24.2 Å². The summed E-state index contributed by atoms with van der Waals surface area (Å²) in [7, 11) is 0. The molecule has 0 spiro atoms. The Hall–Kier alpha value is -0.280. The summed E-state index contributed by atoms with van der Waals surface area (Å²) in [5.74, 6) is 0. The van der Waals surface area contributed by atoms with Crippen molar-refractivity contribution in [1.29, 1.82) is 0 Å². The summed E-state index contributed by atoms with van der Waals surface area (Å²) in [6.07, 6.45) is 2.77. The van der Waals surface area contributed by atoms with Crippen LogP contribution in [-0.2, 0) is 0 Å². The molecule has 0 aromatic heterocycles. The number of aliphatic hydroxyl groups excluding tert-OH is 1. The Balaban J connectivity index is 2.56. The van der Waals surface area contributed by atoms with E-state index in [-0.39, 0.29) is 11.4 Å². The third-order valence-corrected chi connectivity index (χ3v) is 3.21. The lowest BCUT2D eigenvalue weighted by molar-refractivity contribution is 0.326. The highest BCUT2D eigenvalue weighted by Gasteiger charge is 2.24. The Bertz CT molecular complexity index is 213. The second-order valence-electron chi connectivity index (χ2n) is 3.02. The molecule has 2 nitrogen and oxygen atoms in total. The zero-order valence-electron chi connectivity index (χ0n) is 7.18. The highest BCUT2D eigenvalue weighted by atomic mass is 79.9. The van der Waals surface area contributed by atoms with Crippen LogP contribution in [0.1, 0.15) is 13.3 Å². The third-order valence-electron chi connectivity index (χ3n) is 2.20. The van der Waals surface area contributed by atoms with Gasteiger partial charge in [0.05, 0.1) is 11.4 Å². The largest absolute Gasteiger partial charge is 0.392 e. The molecule has 0 amide bonds. The molecule has 3 heteroatoms. The zero-order valence-corrected chi connectivity index (χ0v) is 8.76. The molecule has 1 unspecified atom stereocenters.